The van der Waals surface area contributed by atoms with Gasteiger partial charge >= 0.3 is 0 Å². The van der Waals surface area contributed by atoms with Crippen LogP contribution in [0.1, 0.15) is 26.5 Å². The lowest BCUT2D eigenvalue weighted by Crippen LogP contribution is -2.23. The summed E-state index contributed by atoms with van der Waals surface area (Å²) < 4.78 is 5.18. The summed E-state index contributed by atoms with van der Waals surface area (Å²) in [5.41, 5.74) is 1.05. The predicted octanol–water partition coefficient (Wildman–Crippen LogP) is 2.03. The van der Waals surface area contributed by atoms with Crippen molar-refractivity contribution in [1.82, 2.24) is 10.3 Å². The molecule has 1 rings (SSSR count). The standard InChI is InChI=1S/C13H23N3O/c1-10(2)14-9-12-6-5-7-13(16-12)15-8-11(3)17-4/h5-7,10-11,14H,8-9H2,1-4H3,(H,15,16). The number of rotatable bonds is 7. The summed E-state index contributed by atoms with van der Waals surface area (Å²) in [5.74, 6) is 0.900. The van der Waals surface area contributed by atoms with Crippen molar-refractivity contribution in [2.75, 3.05) is 19.0 Å². The molecular formula is C13H23N3O. The van der Waals surface area contributed by atoms with Crippen molar-refractivity contribution in [3.63, 3.8) is 0 Å². The van der Waals surface area contributed by atoms with Gasteiger partial charge in [0.2, 0.25) is 0 Å². The van der Waals surface area contributed by atoms with Crippen LogP contribution in [0, 0.1) is 0 Å². The maximum atomic E-state index is 5.18. The lowest BCUT2D eigenvalue weighted by atomic mass is 10.3. The van der Waals surface area contributed by atoms with Crippen molar-refractivity contribution >= 4 is 5.82 Å². The normalized spacial score (nSPS) is 12.8. The van der Waals surface area contributed by atoms with Crippen LogP contribution in [0.3, 0.4) is 0 Å². The van der Waals surface area contributed by atoms with Gasteiger partial charge in [-0.2, -0.15) is 0 Å². The third-order valence-electron chi connectivity index (χ3n) is 2.47. The molecule has 17 heavy (non-hydrogen) atoms. The Hall–Kier alpha value is -1.13. The molecule has 1 heterocycles. The molecule has 0 aliphatic heterocycles. The Morgan fingerprint density at radius 2 is 2.06 bits per heavy atom. The van der Waals surface area contributed by atoms with Gasteiger partial charge in [0.25, 0.3) is 0 Å². The molecule has 0 fully saturated rings. The highest BCUT2D eigenvalue weighted by Crippen LogP contribution is 2.05. The number of anilines is 1. The van der Waals surface area contributed by atoms with Crippen molar-refractivity contribution in [3.05, 3.63) is 23.9 Å². The van der Waals surface area contributed by atoms with E-state index in [1.807, 2.05) is 25.1 Å². The van der Waals surface area contributed by atoms with E-state index in [0.717, 1.165) is 24.6 Å². The minimum Gasteiger partial charge on any atom is -0.380 e. The van der Waals surface area contributed by atoms with E-state index in [0.29, 0.717) is 6.04 Å². The fourth-order valence-electron chi connectivity index (χ4n) is 1.32. The highest BCUT2D eigenvalue weighted by atomic mass is 16.5. The molecule has 2 N–H and O–H groups in total. The second-order valence-electron chi connectivity index (χ2n) is 4.48. The van der Waals surface area contributed by atoms with Crippen LogP contribution in [0.4, 0.5) is 5.82 Å². The summed E-state index contributed by atoms with van der Waals surface area (Å²) in [6.45, 7) is 7.85. The summed E-state index contributed by atoms with van der Waals surface area (Å²) in [6, 6.07) is 6.49. The summed E-state index contributed by atoms with van der Waals surface area (Å²) in [5, 5.41) is 6.61. The average molecular weight is 237 g/mol. The fourth-order valence-corrected chi connectivity index (χ4v) is 1.32. The van der Waals surface area contributed by atoms with Gasteiger partial charge < -0.3 is 15.4 Å². The first-order valence-electron chi connectivity index (χ1n) is 6.07. The number of nitrogens with one attached hydrogen (secondary N) is 2. The van der Waals surface area contributed by atoms with Gasteiger partial charge in [0.15, 0.2) is 0 Å². The van der Waals surface area contributed by atoms with Crippen molar-refractivity contribution in [1.29, 1.82) is 0 Å². The van der Waals surface area contributed by atoms with Crippen molar-refractivity contribution in [2.45, 2.75) is 39.5 Å². The number of methoxy groups -OCH3 is 1. The molecule has 1 aromatic heterocycles. The number of pyridine rings is 1. The van der Waals surface area contributed by atoms with Crippen LogP contribution in [0.15, 0.2) is 18.2 Å². The molecule has 1 unspecified atom stereocenters. The zero-order valence-corrected chi connectivity index (χ0v) is 11.2. The molecule has 96 valence electrons. The van der Waals surface area contributed by atoms with Gasteiger partial charge in [0.05, 0.1) is 11.8 Å². The Kier molecular flexibility index (Phi) is 5.94. The fraction of sp³-hybridized carbons (Fsp3) is 0.615. The van der Waals surface area contributed by atoms with Crippen LogP contribution >= 0.6 is 0 Å². The summed E-state index contributed by atoms with van der Waals surface area (Å²) in [4.78, 5) is 4.52. The molecule has 1 atom stereocenters. The van der Waals surface area contributed by atoms with Crippen LogP contribution in [-0.4, -0.2) is 30.8 Å². The Labute approximate surface area is 104 Å². The molecule has 0 radical (unpaired) electrons. The van der Waals surface area contributed by atoms with Crippen LogP contribution in [-0.2, 0) is 11.3 Å². The molecule has 0 saturated carbocycles. The van der Waals surface area contributed by atoms with Gasteiger partial charge in [-0.05, 0) is 19.1 Å². The first kappa shape index (κ1) is 13.9. The maximum Gasteiger partial charge on any atom is 0.126 e. The summed E-state index contributed by atoms with van der Waals surface area (Å²) >= 11 is 0. The third-order valence-corrected chi connectivity index (χ3v) is 2.47. The third kappa shape index (κ3) is 5.65. The lowest BCUT2D eigenvalue weighted by Gasteiger charge is -2.12. The van der Waals surface area contributed by atoms with Crippen molar-refractivity contribution < 1.29 is 4.74 Å². The van der Waals surface area contributed by atoms with Crippen LogP contribution < -0.4 is 10.6 Å². The van der Waals surface area contributed by atoms with E-state index >= 15 is 0 Å². The molecule has 4 nitrogen and oxygen atoms in total. The monoisotopic (exact) mass is 237 g/mol. The quantitative estimate of drug-likeness (QED) is 0.761. The van der Waals surface area contributed by atoms with E-state index in [-0.39, 0.29) is 6.10 Å². The van der Waals surface area contributed by atoms with Gasteiger partial charge in [-0.1, -0.05) is 19.9 Å². The minimum absolute atomic E-state index is 0.189. The van der Waals surface area contributed by atoms with E-state index in [9.17, 15) is 0 Å². The van der Waals surface area contributed by atoms with Gasteiger partial charge in [0, 0.05) is 26.2 Å². The highest BCUT2D eigenvalue weighted by Gasteiger charge is 2.01. The summed E-state index contributed by atoms with van der Waals surface area (Å²) in [6.07, 6.45) is 0.189. The zero-order chi connectivity index (χ0) is 12.7. The Bertz CT molecular complexity index is 328. The molecule has 0 spiro atoms. The molecule has 0 amide bonds. The van der Waals surface area contributed by atoms with Gasteiger partial charge in [-0.3, -0.25) is 0 Å². The van der Waals surface area contributed by atoms with Gasteiger partial charge in [0.1, 0.15) is 5.82 Å². The maximum absolute atomic E-state index is 5.18. The van der Waals surface area contributed by atoms with Crippen molar-refractivity contribution in [3.8, 4) is 0 Å². The molecule has 0 aromatic carbocycles. The van der Waals surface area contributed by atoms with Crippen LogP contribution in [0.2, 0.25) is 0 Å². The lowest BCUT2D eigenvalue weighted by molar-refractivity contribution is 0.128. The Balaban J connectivity index is 2.47. The van der Waals surface area contributed by atoms with E-state index in [2.05, 4.69) is 29.5 Å². The van der Waals surface area contributed by atoms with Crippen molar-refractivity contribution in [2.24, 2.45) is 0 Å². The van der Waals surface area contributed by atoms with Crippen LogP contribution in [0.25, 0.3) is 0 Å². The second-order valence-corrected chi connectivity index (χ2v) is 4.48. The number of aromatic nitrogens is 1. The van der Waals surface area contributed by atoms with E-state index in [1.54, 1.807) is 7.11 Å². The minimum atomic E-state index is 0.189. The number of hydrogen-bond donors (Lipinski definition) is 2. The largest absolute Gasteiger partial charge is 0.380 e. The first-order valence-corrected chi connectivity index (χ1v) is 6.07. The average Bonchev–Trinajstić information content (AvgIpc) is 2.34. The van der Waals surface area contributed by atoms with E-state index < -0.39 is 0 Å². The Morgan fingerprint density at radius 1 is 1.29 bits per heavy atom. The zero-order valence-electron chi connectivity index (χ0n) is 11.2. The van der Waals surface area contributed by atoms with Crippen LogP contribution in [0.5, 0.6) is 0 Å². The predicted molar refractivity (Wildman–Crippen MR) is 71.2 cm³/mol. The smallest absolute Gasteiger partial charge is 0.126 e. The second kappa shape index (κ2) is 7.25. The Morgan fingerprint density at radius 3 is 2.71 bits per heavy atom. The van der Waals surface area contributed by atoms with E-state index in [1.165, 1.54) is 0 Å². The van der Waals surface area contributed by atoms with Gasteiger partial charge in [-0.15, -0.1) is 0 Å². The van der Waals surface area contributed by atoms with E-state index in [4.69, 9.17) is 4.74 Å². The molecule has 4 heteroatoms. The first-order chi connectivity index (χ1) is 8.11. The molecule has 1 aromatic rings. The number of hydrogen-bond acceptors (Lipinski definition) is 4. The topological polar surface area (TPSA) is 46.2 Å². The molecule has 0 aliphatic carbocycles. The number of ether oxygens (including phenoxy) is 1. The highest BCUT2D eigenvalue weighted by molar-refractivity contribution is 5.35. The number of nitrogens with zero attached hydrogens (tertiary/aromatic N) is 1. The summed E-state index contributed by atoms with van der Waals surface area (Å²) in [7, 11) is 1.71. The molecule has 0 bridgehead atoms. The molecule has 0 aliphatic rings. The molecule has 0 saturated heterocycles. The molecular weight excluding hydrogens is 214 g/mol. The SMILES string of the molecule is COC(C)CNc1cccc(CNC(C)C)n1. The van der Waals surface area contributed by atoms with Gasteiger partial charge in [-0.25, -0.2) is 4.98 Å².